The van der Waals surface area contributed by atoms with Gasteiger partial charge < -0.3 is 10.1 Å². The number of carbonyl (C=O) groups is 1. The number of carbonyl (C=O) groups excluding carboxylic acids is 1. The molecule has 2 aromatic carbocycles. The average molecular weight is 480 g/mol. The SMILES string of the molecule is Cc1ccc(N(CC(=O)NCCCN2CCOCC2)S(=O)(=O)c2ccc(Cl)cc2)cc1C. The highest BCUT2D eigenvalue weighted by atomic mass is 35.5. The second-order valence-corrected chi connectivity index (χ2v) is 10.2. The second-order valence-electron chi connectivity index (χ2n) is 7.89. The number of halogens is 1. The van der Waals surface area contributed by atoms with E-state index in [0.29, 0.717) is 17.3 Å². The molecule has 0 saturated carbocycles. The number of amides is 1. The number of benzene rings is 2. The lowest BCUT2D eigenvalue weighted by Crippen LogP contribution is -2.42. The lowest BCUT2D eigenvalue weighted by Gasteiger charge is -2.27. The van der Waals surface area contributed by atoms with E-state index in [-0.39, 0.29) is 17.3 Å². The van der Waals surface area contributed by atoms with Crippen LogP contribution in [0.4, 0.5) is 5.69 Å². The molecule has 2 aromatic rings. The summed E-state index contributed by atoms with van der Waals surface area (Å²) in [6.45, 7) is 8.19. The molecule has 0 bridgehead atoms. The normalized spacial score (nSPS) is 14.8. The minimum absolute atomic E-state index is 0.0836. The summed E-state index contributed by atoms with van der Waals surface area (Å²) in [5.74, 6) is -0.345. The van der Waals surface area contributed by atoms with Gasteiger partial charge in [0.15, 0.2) is 0 Å². The van der Waals surface area contributed by atoms with Crippen LogP contribution in [0.5, 0.6) is 0 Å². The van der Waals surface area contributed by atoms with Crippen molar-refractivity contribution in [1.82, 2.24) is 10.2 Å². The number of hydrogen-bond donors (Lipinski definition) is 1. The minimum Gasteiger partial charge on any atom is -0.379 e. The Balaban J connectivity index is 1.71. The van der Waals surface area contributed by atoms with Crippen LogP contribution < -0.4 is 9.62 Å². The summed E-state index contributed by atoms with van der Waals surface area (Å²) in [5.41, 5.74) is 2.45. The number of anilines is 1. The Bertz CT molecular complexity index is 1020. The highest BCUT2D eigenvalue weighted by Crippen LogP contribution is 2.26. The summed E-state index contributed by atoms with van der Waals surface area (Å²) in [4.78, 5) is 15.1. The van der Waals surface area contributed by atoms with Gasteiger partial charge in [0.2, 0.25) is 5.91 Å². The Morgan fingerprint density at radius 3 is 2.44 bits per heavy atom. The van der Waals surface area contributed by atoms with E-state index in [1.807, 2.05) is 19.9 Å². The molecule has 9 heteroatoms. The van der Waals surface area contributed by atoms with Crippen LogP contribution in [-0.4, -0.2) is 65.2 Å². The molecule has 174 valence electrons. The zero-order chi connectivity index (χ0) is 23.1. The largest absolute Gasteiger partial charge is 0.379 e. The van der Waals surface area contributed by atoms with Gasteiger partial charge in [0.25, 0.3) is 10.0 Å². The highest BCUT2D eigenvalue weighted by molar-refractivity contribution is 7.92. The van der Waals surface area contributed by atoms with E-state index in [1.54, 1.807) is 12.1 Å². The molecular weight excluding hydrogens is 450 g/mol. The van der Waals surface area contributed by atoms with E-state index in [1.165, 1.54) is 24.3 Å². The number of nitrogens with zero attached hydrogens (tertiary/aromatic N) is 2. The molecule has 1 N–H and O–H groups in total. The smallest absolute Gasteiger partial charge is 0.264 e. The first kappa shape index (κ1) is 24.5. The Morgan fingerprint density at radius 1 is 1.09 bits per heavy atom. The number of rotatable bonds is 9. The Kier molecular flexibility index (Phi) is 8.53. The molecule has 1 aliphatic heterocycles. The van der Waals surface area contributed by atoms with Crippen molar-refractivity contribution in [2.45, 2.75) is 25.2 Å². The van der Waals surface area contributed by atoms with E-state index < -0.39 is 10.0 Å². The van der Waals surface area contributed by atoms with Crippen molar-refractivity contribution >= 4 is 33.2 Å². The van der Waals surface area contributed by atoms with Crippen LogP contribution in [0.3, 0.4) is 0 Å². The van der Waals surface area contributed by atoms with Gasteiger partial charge >= 0.3 is 0 Å². The third kappa shape index (κ3) is 6.45. The van der Waals surface area contributed by atoms with Gasteiger partial charge in [-0.15, -0.1) is 0 Å². The van der Waals surface area contributed by atoms with Gasteiger partial charge in [0.05, 0.1) is 23.8 Å². The van der Waals surface area contributed by atoms with Gasteiger partial charge in [-0.25, -0.2) is 8.42 Å². The van der Waals surface area contributed by atoms with Crippen molar-refractivity contribution in [3.8, 4) is 0 Å². The second kappa shape index (κ2) is 11.1. The van der Waals surface area contributed by atoms with E-state index in [9.17, 15) is 13.2 Å². The summed E-state index contributed by atoms with van der Waals surface area (Å²) in [6, 6.07) is 11.3. The molecule has 0 aliphatic carbocycles. The predicted molar refractivity (Wildman–Crippen MR) is 127 cm³/mol. The van der Waals surface area contributed by atoms with E-state index in [0.717, 1.165) is 54.7 Å². The van der Waals surface area contributed by atoms with E-state index >= 15 is 0 Å². The molecule has 1 saturated heterocycles. The van der Waals surface area contributed by atoms with Gasteiger partial charge in [-0.3, -0.25) is 14.0 Å². The van der Waals surface area contributed by atoms with Gasteiger partial charge in [-0.05, 0) is 74.3 Å². The molecule has 7 nitrogen and oxygen atoms in total. The first-order valence-electron chi connectivity index (χ1n) is 10.7. The Morgan fingerprint density at radius 2 is 1.78 bits per heavy atom. The van der Waals surface area contributed by atoms with Crippen LogP contribution in [0.25, 0.3) is 0 Å². The first-order chi connectivity index (χ1) is 15.3. The van der Waals surface area contributed by atoms with Gasteiger partial charge in [-0.1, -0.05) is 17.7 Å². The van der Waals surface area contributed by atoms with Crippen LogP contribution in [0.1, 0.15) is 17.5 Å². The predicted octanol–water partition coefficient (Wildman–Crippen LogP) is 2.99. The van der Waals surface area contributed by atoms with Crippen LogP contribution in [0.2, 0.25) is 5.02 Å². The molecule has 1 fully saturated rings. The lowest BCUT2D eigenvalue weighted by atomic mass is 10.1. The number of aryl methyl sites for hydroxylation is 2. The molecule has 1 aliphatic rings. The maximum absolute atomic E-state index is 13.4. The summed E-state index contributed by atoms with van der Waals surface area (Å²) >= 11 is 5.92. The highest BCUT2D eigenvalue weighted by Gasteiger charge is 2.27. The number of sulfonamides is 1. The summed E-state index contributed by atoms with van der Waals surface area (Å²) in [5, 5.41) is 3.30. The van der Waals surface area contributed by atoms with Crippen LogP contribution in [0, 0.1) is 13.8 Å². The zero-order valence-electron chi connectivity index (χ0n) is 18.5. The van der Waals surface area contributed by atoms with Crippen LogP contribution >= 0.6 is 11.6 Å². The summed E-state index contributed by atoms with van der Waals surface area (Å²) in [6.07, 6.45) is 0.791. The molecule has 1 heterocycles. The molecule has 0 radical (unpaired) electrons. The van der Waals surface area contributed by atoms with Crippen molar-refractivity contribution in [2.24, 2.45) is 0 Å². The van der Waals surface area contributed by atoms with Crippen LogP contribution in [-0.2, 0) is 19.6 Å². The average Bonchev–Trinajstić information content (AvgIpc) is 2.78. The molecule has 1 amide bonds. The third-order valence-corrected chi connectivity index (χ3v) is 7.58. The molecular formula is C23H30ClN3O4S. The third-order valence-electron chi connectivity index (χ3n) is 5.54. The quantitative estimate of drug-likeness (QED) is 0.559. The first-order valence-corrected chi connectivity index (χ1v) is 12.5. The Hall–Kier alpha value is -2.13. The molecule has 0 atom stereocenters. The van der Waals surface area contributed by atoms with Gasteiger partial charge in [0.1, 0.15) is 6.54 Å². The van der Waals surface area contributed by atoms with Crippen molar-refractivity contribution in [3.63, 3.8) is 0 Å². The number of ether oxygens (including phenoxy) is 1. The van der Waals surface area contributed by atoms with Gasteiger partial charge in [-0.2, -0.15) is 0 Å². The monoisotopic (exact) mass is 479 g/mol. The molecule has 0 spiro atoms. The maximum Gasteiger partial charge on any atom is 0.264 e. The molecule has 0 unspecified atom stereocenters. The topological polar surface area (TPSA) is 79.0 Å². The fourth-order valence-corrected chi connectivity index (χ4v) is 5.01. The summed E-state index contributed by atoms with van der Waals surface area (Å²) in [7, 11) is -3.95. The summed E-state index contributed by atoms with van der Waals surface area (Å²) < 4.78 is 33.3. The zero-order valence-corrected chi connectivity index (χ0v) is 20.1. The van der Waals surface area contributed by atoms with E-state index in [4.69, 9.17) is 16.3 Å². The van der Waals surface area contributed by atoms with Crippen molar-refractivity contribution in [1.29, 1.82) is 0 Å². The van der Waals surface area contributed by atoms with Gasteiger partial charge in [0, 0.05) is 24.7 Å². The molecule has 0 aromatic heterocycles. The fraction of sp³-hybridized carbons (Fsp3) is 0.435. The maximum atomic E-state index is 13.4. The number of morpholine rings is 1. The standard InChI is InChI=1S/C23H30ClN3O4S/c1-18-4-7-21(16-19(18)2)27(32(29,30)22-8-5-20(24)6-9-22)17-23(28)25-10-3-11-26-12-14-31-15-13-26/h4-9,16H,3,10-15,17H2,1-2H3,(H,25,28). The number of hydrogen-bond acceptors (Lipinski definition) is 5. The number of nitrogens with one attached hydrogen (secondary N) is 1. The van der Waals surface area contributed by atoms with E-state index in [2.05, 4.69) is 10.2 Å². The van der Waals surface area contributed by atoms with Crippen molar-refractivity contribution < 1.29 is 17.9 Å². The lowest BCUT2D eigenvalue weighted by molar-refractivity contribution is -0.119. The minimum atomic E-state index is -3.95. The Labute approximate surface area is 195 Å². The molecule has 3 rings (SSSR count). The van der Waals surface area contributed by atoms with Crippen molar-refractivity contribution in [2.75, 3.05) is 50.2 Å². The fourth-order valence-electron chi connectivity index (χ4n) is 3.47. The molecule has 32 heavy (non-hydrogen) atoms. The van der Waals surface area contributed by atoms with Crippen LogP contribution in [0.15, 0.2) is 47.4 Å². The van der Waals surface area contributed by atoms with Crippen molar-refractivity contribution in [3.05, 3.63) is 58.6 Å².